The Hall–Kier alpha value is -4.34. The molecule has 10 heteroatoms. The maximum Gasteiger partial charge on any atom is 0.275 e. The summed E-state index contributed by atoms with van der Waals surface area (Å²) in [6, 6.07) is 4.37. The number of aryl methyl sites for hydroxylation is 1. The number of benzene rings is 2. The molecule has 2 aliphatic carbocycles. The summed E-state index contributed by atoms with van der Waals surface area (Å²) in [4.78, 5) is 32.6. The van der Waals surface area contributed by atoms with E-state index >= 15 is 4.39 Å². The van der Waals surface area contributed by atoms with Crippen LogP contribution in [0.1, 0.15) is 75.0 Å². The maximum absolute atomic E-state index is 15.6. The van der Waals surface area contributed by atoms with Crippen LogP contribution >= 0.6 is 0 Å². The SMILES string of the molecule is CC1(Cc2cc(F)c3[nH]c4c5c3c2C(=O)NN=C5CCC4)CC2=NNC(=O)c3c(F)ccc4[nH]c(c2c34)C1. The predicted molar refractivity (Wildman–Crippen MR) is 138 cm³/mol. The van der Waals surface area contributed by atoms with Gasteiger partial charge in [0.15, 0.2) is 0 Å². The lowest BCUT2D eigenvalue weighted by atomic mass is 9.69. The van der Waals surface area contributed by atoms with Crippen LogP contribution in [0.4, 0.5) is 8.78 Å². The second-order valence-electron chi connectivity index (χ2n) is 11.1. The number of carbonyl (C=O) groups excluding carboxylic acids is 2. The Bertz CT molecular complexity index is 1860. The first-order valence-corrected chi connectivity index (χ1v) is 12.7. The maximum atomic E-state index is 15.6. The standard InChI is InChI=1S/C28H22F2N6O2/c1-28(9-17-22-18(10-28)34-36-27(38)20-12(29)5-6-15(31-17)23(20)22)8-11-7-13(30)25-24-19(11)26(37)35-33-16-4-2-3-14(32-25)21(16)24/h5-7,31-32H,2-4,8-10H2,1H3,(H,35,37)(H,36,38). The highest BCUT2D eigenvalue weighted by molar-refractivity contribution is 6.22. The van der Waals surface area contributed by atoms with E-state index in [0.717, 1.165) is 47.5 Å². The van der Waals surface area contributed by atoms with Gasteiger partial charge in [0.1, 0.15) is 11.6 Å². The number of halogens is 2. The van der Waals surface area contributed by atoms with Crippen molar-refractivity contribution in [3.05, 3.63) is 69.0 Å². The smallest absolute Gasteiger partial charge is 0.275 e. The average Bonchev–Trinajstić information content (AvgIpc) is 3.34. The van der Waals surface area contributed by atoms with E-state index in [1.165, 1.54) is 12.1 Å². The molecule has 8 rings (SSSR count). The molecule has 0 saturated heterocycles. The molecule has 2 aromatic carbocycles. The zero-order chi connectivity index (χ0) is 25.9. The largest absolute Gasteiger partial charge is 0.358 e. The number of hydrazone groups is 2. The van der Waals surface area contributed by atoms with Gasteiger partial charge >= 0.3 is 0 Å². The minimum atomic E-state index is -0.594. The van der Waals surface area contributed by atoms with E-state index in [4.69, 9.17) is 0 Å². The van der Waals surface area contributed by atoms with E-state index < -0.39 is 23.0 Å². The van der Waals surface area contributed by atoms with E-state index in [1.807, 2.05) is 0 Å². The third-order valence-corrected chi connectivity index (χ3v) is 8.45. The summed E-state index contributed by atoms with van der Waals surface area (Å²) in [6.45, 7) is 2.07. The molecular weight excluding hydrogens is 490 g/mol. The summed E-state index contributed by atoms with van der Waals surface area (Å²) in [6.07, 6.45) is 3.78. The summed E-state index contributed by atoms with van der Waals surface area (Å²) in [5.41, 5.74) is 11.5. The van der Waals surface area contributed by atoms with Crippen molar-refractivity contribution in [1.82, 2.24) is 20.8 Å². The van der Waals surface area contributed by atoms with Gasteiger partial charge in [0, 0.05) is 38.8 Å². The molecule has 4 heterocycles. The summed E-state index contributed by atoms with van der Waals surface area (Å²) < 4.78 is 30.2. The number of nitrogens with one attached hydrogen (secondary N) is 4. The molecule has 1 atom stereocenters. The number of aromatic amines is 2. The summed E-state index contributed by atoms with van der Waals surface area (Å²) in [5.74, 6) is -1.93. The quantitative estimate of drug-likeness (QED) is 0.320. The molecule has 190 valence electrons. The van der Waals surface area contributed by atoms with Crippen molar-refractivity contribution in [3.8, 4) is 0 Å². The van der Waals surface area contributed by atoms with Gasteiger partial charge in [-0.3, -0.25) is 9.59 Å². The van der Waals surface area contributed by atoms with Crippen LogP contribution in [0.3, 0.4) is 0 Å². The van der Waals surface area contributed by atoms with Gasteiger partial charge in [-0.15, -0.1) is 0 Å². The summed E-state index contributed by atoms with van der Waals surface area (Å²) >= 11 is 0. The molecule has 0 bridgehead atoms. The second-order valence-corrected chi connectivity index (χ2v) is 11.1. The van der Waals surface area contributed by atoms with E-state index in [-0.39, 0.29) is 11.5 Å². The van der Waals surface area contributed by atoms with Gasteiger partial charge in [0.2, 0.25) is 0 Å². The lowest BCUT2D eigenvalue weighted by Crippen LogP contribution is -2.33. The first-order valence-electron chi connectivity index (χ1n) is 12.7. The molecule has 2 aromatic heterocycles. The molecule has 0 fully saturated rings. The molecule has 1 unspecified atom stereocenters. The number of hydrogen-bond donors (Lipinski definition) is 4. The molecule has 2 aliphatic heterocycles. The van der Waals surface area contributed by atoms with Gasteiger partial charge in [-0.25, -0.2) is 19.6 Å². The highest BCUT2D eigenvalue weighted by Gasteiger charge is 2.40. The molecule has 4 N–H and O–H groups in total. The molecule has 4 aromatic rings. The van der Waals surface area contributed by atoms with E-state index in [9.17, 15) is 14.0 Å². The van der Waals surface area contributed by atoms with Gasteiger partial charge < -0.3 is 9.97 Å². The number of hydrogen-bond acceptors (Lipinski definition) is 4. The van der Waals surface area contributed by atoms with Crippen molar-refractivity contribution < 1.29 is 18.4 Å². The van der Waals surface area contributed by atoms with Crippen molar-refractivity contribution in [2.45, 2.75) is 45.4 Å². The zero-order valence-electron chi connectivity index (χ0n) is 20.4. The van der Waals surface area contributed by atoms with Gasteiger partial charge in [-0.1, -0.05) is 6.92 Å². The molecule has 2 amide bonds. The molecule has 0 spiro atoms. The van der Waals surface area contributed by atoms with E-state index in [0.29, 0.717) is 57.9 Å². The minimum absolute atomic E-state index is 0.0136. The van der Waals surface area contributed by atoms with Crippen LogP contribution in [-0.4, -0.2) is 33.2 Å². The molecule has 8 nitrogen and oxygen atoms in total. The Morgan fingerprint density at radius 2 is 1.61 bits per heavy atom. The highest BCUT2D eigenvalue weighted by atomic mass is 19.1. The van der Waals surface area contributed by atoms with Crippen molar-refractivity contribution in [3.63, 3.8) is 0 Å². The Labute approximate surface area is 214 Å². The number of nitrogens with zero attached hydrogens (tertiary/aromatic N) is 2. The molecule has 38 heavy (non-hydrogen) atoms. The lowest BCUT2D eigenvalue weighted by molar-refractivity contribution is 0.0945. The van der Waals surface area contributed by atoms with Crippen molar-refractivity contribution in [1.29, 1.82) is 0 Å². The van der Waals surface area contributed by atoms with Crippen molar-refractivity contribution >= 4 is 45.0 Å². The highest BCUT2D eigenvalue weighted by Crippen LogP contribution is 2.44. The van der Waals surface area contributed by atoms with Gasteiger partial charge in [-0.05, 0) is 67.7 Å². The van der Waals surface area contributed by atoms with E-state index in [1.54, 1.807) is 6.07 Å². The fourth-order valence-electron chi connectivity index (χ4n) is 7.01. The van der Waals surface area contributed by atoms with Crippen LogP contribution in [-0.2, 0) is 19.3 Å². The third-order valence-electron chi connectivity index (χ3n) is 8.45. The van der Waals surface area contributed by atoms with Crippen LogP contribution in [0.15, 0.2) is 28.4 Å². The zero-order valence-corrected chi connectivity index (χ0v) is 20.4. The Morgan fingerprint density at radius 1 is 0.842 bits per heavy atom. The number of H-pyrrole nitrogens is 2. The monoisotopic (exact) mass is 512 g/mol. The number of carbonyl (C=O) groups is 2. The number of aromatic nitrogens is 2. The average molecular weight is 513 g/mol. The minimum Gasteiger partial charge on any atom is -0.358 e. The molecule has 0 radical (unpaired) electrons. The fraction of sp³-hybridized carbons (Fsp3) is 0.286. The Morgan fingerprint density at radius 3 is 2.45 bits per heavy atom. The van der Waals surface area contributed by atoms with Crippen LogP contribution < -0.4 is 10.9 Å². The summed E-state index contributed by atoms with van der Waals surface area (Å²) in [5, 5.41) is 9.89. The normalized spacial score (nSPS) is 21.6. The first kappa shape index (κ1) is 21.7. The number of rotatable bonds is 2. The third kappa shape index (κ3) is 2.77. The molecular formula is C28H22F2N6O2. The topological polar surface area (TPSA) is 114 Å². The second kappa shape index (κ2) is 7.15. The van der Waals surface area contributed by atoms with E-state index in [2.05, 4.69) is 37.9 Å². The first-order chi connectivity index (χ1) is 18.3. The van der Waals surface area contributed by atoms with Gasteiger partial charge in [-0.2, -0.15) is 10.2 Å². The van der Waals surface area contributed by atoms with Crippen molar-refractivity contribution in [2.24, 2.45) is 15.6 Å². The van der Waals surface area contributed by atoms with Gasteiger partial charge in [0.05, 0.1) is 28.1 Å². The fourth-order valence-corrected chi connectivity index (χ4v) is 7.01. The van der Waals surface area contributed by atoms with Gasteiger partial charge in [0.25, 0.3) is 11.8 Å². The van der Waals surface area contributed by atoms with Crippen LogP contribution in [0.2, 0.25) is 0 Å². The Kier molecular flexibility index (Phi) is 4.09. The van der Waals surface area contributed by atoms with Crippen LogP contribution in [0.25, 0.3) is 21.8 Å². The lowest BCUT2D eigenvalue weighted by Gasteiger charge is -2.35. The predicted octanol–water partition coefficient (Wildman–Crippen LogP) is 4.35. The van der Waals surface area contributed by atoms with Crippen molar-refractivity contribution in [2.75, 3.05) is 0 Å². The number of amides is 2. The van der Waals surface area contributed by atoms with Crippen LogP contribution in [0, 0.1) is 17.0 Å². The molecule has 0 saturated carbocycles. The molecule has 4 aliphatic rings. The summed E-state index contributed by atoms with van der Waals surface area (Å²) in [7, 11) is 0. The van der Waals surface area contributed by atoms with Crippen LogP contribution in [0.5, 0.6) is 0 Å². The Balaban J connectivity index is 1.29.